The van der Waals surface area contributed by atoms with E-state index >= 15 is 0 Å². The molecular formula is C34H40N2O14. The Kier molecular flexibility index (Phi) is 9.04. The number of rotatable bonds is 5. The summed E-state index contributed by atoms with van der Waals surface area (Å²) in [6, 6.07) is 3.66. The van der Waals surface area contributed by atoms with Crippen LogP contribution in [0.25, 0.3) is 0 Å². The van der Waals surface area contributed by atoms with Gasteiger partial charge in [0.15, 0.2) is 11.4 Å². The molecule has 0 aromatic heterocycles. The molecule has 16 heteroatoms. The largest absolute Gasteiger partial charge is 0.429 e. The van der Waals surface area contributed by atoms with Gasteiger partial charge in [0.05, 0.1) is 50.1 Å². The van der Waals surface area contributed by atoms with Crippen molar-refractivity contribution in [1.82, 2.24) is 10.2 Å². The minimum atomic E-state index is -2.79. The Bertz CT molecular complexity index is 1720. The average Bonchev–Trinajstić information content (AvgIpc) is 3.69. The Morgan fingerprint density at radius 1 is 0.880 bits per heavy atom. The van der Waals surface area contributed by atoms with Crippen LogP contribution in [-0.4, -0.2) is 109 Å². The molecule has 0 bridgehead atoms. The second kappa shape index (κ2) is 12.6. The Balaban J connectivity index is 1.79. The molecule has 1 aromatic carbocycles. The van der Waals surface area contributed by atoms with Crippen molar-refractivity contribution in [2.75, 3.05) is 40.5 Å². The fourth-order valence-corrected chi connectivity index (χ4v) is 8.43. The first-order chi connectivity index (χ1) is 23.5. The second-order valence-electron chi connectivity index (χ2n) is 13.1. The van der Waals surface area contributed by atoms with Gasteiger partial charge in [0, 0.05) is 39.2 Å². The molecule has 6 atom stereocenters. The predicted octanol–water partition coefficient (Wildman–Crippen LogP) is 0.251. The minimum absolute atomic E-state index is 0.00495. The summed E-state index contributed by atoms with van der Waals surface area (Å²) in [6.07, 6.45) is -1.61. The molecule has 2 fully saturated rings. The number of carbonyl (C=O) groups excluding carboxylic acids is 5. The molecule has 0 saturated carbocycles. The topological polar surface area (TPSA) is 206 Å². The van der Waals surface area contributed by atoms with Gasteiger partial charge >= 0.3 is 17.9 Å². The van der Waals surface area contributed by atoms with Gasteiger partial charge in [-0.25, -0.2) is 0 Å². The quantitative estimate of drug-likeness (QED) is 0.278. The summed E-state index contributed by atoms with van der Waals surface area (Å²) in [5.74, 6) is -13.0. The lowest BCUT2D eigenvalue weighted by Crippen LogP contribution is -2.76. The molecule has 3 N–H and O–H groups in total. The minimum Gasteiger partial charge on any atom is -0.429 e. The monoisotopic (exact) mass is 700 g/mol. The fourth-order valence-electron chi connectivity index (χ4n) is 8.43. The van der Waals surface area contributed by atoms with Crippen LogP contribution in [0.5, 0.6) is 5.75 Å². The maximum Gasteiger partial charge on any atom is 0.308 e. The first kappa shape index (κ1) is 35.8. The molecule has 0 unspecified atom stereocenters. The highest BCUT2D eigenvalue weighted by molar-refractivity contribution is 6.06. The molecule has 16 nitrogen and oxygen atoms in total. The van der Waals surface area contributed by atoms with E-state index in [9.17, 15) is 34.2 Å². The summed E-state index contributed by atoms with van der Waals surface area (Å²) >= 11 is 0. The zero-order valence-corrected chi connectivity index (χ0v) is 28.7. The molecule has 2 heterocycles. The normalized spacial score (nSPS) is 30.5. The number of nitrogens with one attached hydrogen (secondary N) is 1. The van der Waals surface area contributed by atoms with E-state index in [0.29, 0.717) is 5.56 Å². The van der Waals surface area contributed by atoms with Gasteiger partial charge in [-0.15, -0.1) is 0 Å². The van der Waals surface area contributed by atoms with E-state index < -0.39 is 88.1 Å². The van der Waals surface area contributed by atoms with Gasteiger partial charge in [0.1, 0.15) is 17.1 Å². The van der Waals surface area contributed by atoms with Crippen molar-refractivity contribution < 1.29 is 67.3 Å². The Labute approximate surface area is 287 Å². The lowest BCUT2D eigenvalue weighted by Gasteiger charge is -2.61. The van der Waals surface area contributed by atoms with Gasteiger partial charge in [-0.1, -0.05) is 19.1 Å². The third-order valence-electron chi connectivity index (χ3n) is 9.81. The van der Waals surface area contributed by atoms with E-state index in [1.165, 1.54) is 17.9 Å². The zero-order chi connectivity index (χ0) is 36.5. The van der Waals surface area contributed by atoms with Gasteiger partial charge in [0.2, 0.25) is 17.5 Å². The lowest BCUT2D eigenvalue weighted by molar-refractivity contribution is -0.297. The van der Waals surface area contributed by atoms with Crippen molar-refractivity contribution >= 4 is 29.7 Å². The number of nitrogens with zero attached hydrogens (tertiary/aromatic N) is 1. The van der Waals surface area contributed by atoms with Crippen LogP contribution in [-0.2, 0) is 58.2 Å². The number of imide groups is 1. The molecule has 1 aromatic rings. The highest BCUT2D eigenvalue weighted by Gasteiger charge is 2.78. The van der Waals surface area contributed by atoms with E-state index in [-0.39, 0.29) is 49.1 Å². The molecule has 270 valence electrons. The fraction of sp³-hybridized carbons (Fsp3) is 0.559. The van der Waals surface area contributed by atoms with Gasteiger partial charge < -0.3 is 43.4 Å². The summed E-state index contributed by atoms with van der Waals surface area (Å²) in [4.78, 5) is 66.0. The van der Waals surface area contributed by atoms with Crippen molar-refractivity contribution in [2.24, 2.45) is 11.8 Å². The van der Waals surface area contributed by atoms with Crippen molar-refractivity contribution in [1.29, 1.82) is 0 Å². The first-order valence-corrected chi connectivity index (χ1v) is 16.2. The van der Waals surface area contributed by atoms with Crippen molar-refractivity contribution in [3.8, 4) is 5.75 Å². The Morgan fingerprint density at radius 2 is 1.46 bits per heavy atom. The number of likely N-dealkylation sites (N-methyl/N-ethyl adjacent to an activating group) is 1. The van der Waals surface area contributed by atoms with E-state index in [1.807, 2.05) is 0 Å². The smallest absolute Gasteiger partial charge is 0.308 e. The van der Waals surface area contributed by atoms with Gasteiger partial charge in [-0.2, -0.15) is 0 Å². The lowest BCUT2D eigenvalue weighted by atomic mass is 9.52. The van der Waals surface area contributed by atoms with Crippen LogP contribution in [0.2, 0.25) is 0 Å². The third-order valence-corrected chi connectivity index (χ3v) is 9.81. The zero-order valence-electron chi connectivity index (χ0n) is 28.7. The maximum atomic E-state index is 14.1. The number of benzene rings is 1. The molecule has 2 saturated heterocycles. The van der Waals surface area contributed by atoms with E-state index in [1.54, 1.807) is 33.2 Å². The standard InChI is InChI=1S/C34H40N2O14/c1-15-20-9-8-10-21(48-17(3)38)23(20)33(44-11-12-45-33)24-22(15)28(41)25-27(36(6)7)29(49-18(4)39)26(31(42)35-16(2)37)34(46-13-14-47-34)32(25,43)30(24)50-19(5)40/h8-10,15,22,25,27-28,41,43H,11-14H2,1-7H3,(H,35,37,42)/t15-,22+,25+,27-,28-,32-/m0/s1. The van der Waals surface area contributed by atoms with Gasteiger partial charge in [0.25, 0.3) is 5.91 Å². The number of carbonyl (C=O) groups is 5. The molecular weight excluding hydrogens is 660 g/mol. The van der Waals surface area contributed by atoms with Gasteiger partial charge in [-0.3, -0.25) is 34.2 Å². The number of fused-ring (bicyclic) bond motifs is 6. The van der Waals surface area contributed by atoms with E-state index in [0.717, 1.165) is 20.8 Å². The number of esters is 3. The van der Waals surface area contributed by atoms with Crippen LogP contribution < -0.4 is 10.1 Å². The number of ether oxygens (including phenoxy) is 7. The highest BCUT2D eigenvalue weighted by atomic mass is 16.8. The van der Waals surface area contributed by atoms with Crippen LogP contribution in [0, 0.1) is 11.8 Å². The highest BCUT2D eigenvalue weighted by Crippen LogP contribution is 2.66. The number of hydrogen-bond acceptors (Lipinski definition) is 15. The summed E-state index contributed by atoms with van der Waals surface area (Å²) < 4.78 is 42.4. The van der Waals surface area contributed by atoms with Crippen LogP contribution >= 0.6 is 0 Å². The molecule has 2 spiro atoms. The molecule has 2 aliphatic heterocycles. The predicted molar refractivity (Wildman–Crippen MR) is 166 cm³/mol. The van der Waals surface area contributed by atoms with Crippen LogP contribution in [0.15, 0.2) is 40.9 Å². The molecule has 0 radical (unpaired) electrons. The number of aliphatic hydroxyl groups is 2. The maximum absolute atomic E-state index is 14.1. The summed E-state index contributed by atoms with van der Waals surface area (Å²) in [5, 5.41) is 28.5. The van der Waals surface area contributed by atoms with Crippen molar-refractivity contribution in [3.63, 3.8) is 0 Å². The number of amides is 2. The van der Waals surface area contributed by atoms with E-state index in [4.69, 9.17) is 33.2 Å². The summed E-state index contributed by atoms with van der Waals surface area (Å²) in [5.41, 5.74) is -2.60. The second-order valence-corrected chi connectivity index (χ2v) is 13.1. The van der Waals surface area contributed by atoms with Crippen molar-refractivity contribution in [2.45, 2.75) is 69.9 Å². The van der Waals surface area contributed by atoms with E-state index in [2.05, 4.69) is 5.32 Å². The SMILES string of the molecule is CC(=O)NC(=O)C1=C(OC(C)=O)[C@@H](N(C)C)[C@@H]2[C@@H](O)[C@H]3C(=C(OC(C)=O)[C@]2(O)C12OCCO2)C1(OCCO1)c1c(OC(C)=O)cccc1[C@@H]3C. The Morgan fingerprint density at radius 3 is 2.00 bits per heavy atom. The van der Waals surface area contributed by atoms with Crippen LogP contribution in [0.1, 0.15) is 51.7 Å². The average molecular weight is 701 g/mol. The molecule has 50 heavy (non-hydrogen) atoms. The molecule has 3 aliphatic carbocycles. The summed E-state index contributed by atoms with van der Waals surface area (Å²) in [6.45, 7) is 5.86. The number of aliphatic hydroxyl groups excluding tert-OH is 1. The molecule has 5 aliphatic rings. The number of hydrogen-bond donors (Lipinski definition) is 3. The van der Waals surface area contributed by atoms with Crippen molar-refractivity contribution in [3.05, 3.63) is 52.0 Å². The molecule has 2 amide bonds. The Hall–Kier alpha value is -4.03. The van der Waals surface area contributed by atoms with Crippen LogP contribution in [0.4, 0.5) is 0 Å². The summed E-state index contributed by atoms with van der Waals surface area (Å²) in [7, 11) is 3.13. The van der Waals surface area contributed by atoms with Crippen LogP contribution in [0.3, 0.4) is 0 Å². The first-order valence-electron chi connectivity index (χ1n) is 16.2. The third kappa shape index (κ3) is 5.04. The van der Waals surface area contributed by atoms with Gasteiger partial charge in [-0.05, 0) is 31.6 Å². The molecule has 6 rings (SSSR count).